The van der Waals surface area contributed by atoms with E-state index >= 15 is 0 Å². The zero-order valence-electron chi connectivity index (χ0n) is 21.9. The van der Waals surface area contributed by atoms with Gasteiger partial charge in [-0.05, 0) is 73.2 Å². The Morgan fingerprint density at radius 1 is 0.553 bits per heavy atom. The zero-order chi connectivity index (χ0) is 26.6. The van der Waals surface area contributed by atoms with Crippen molar-refractivity contribution in [1.29, 1.82) is 0 Å². The quantitative estimate of drug-likeness (QED) is 0.156. The van der Waals surface area contributed by atoms with E-state index in [0.29, 0.717) is 26.1 Å². The maximum atomic E-state index is 12.6. The van der Waals surface area contributed by atoms with Crippen molar-refractivity contribution in [2.45, 2.75) is 52.1 Å². The van der Waals surface area contributed by atoms with Gasteiger partial charge in [0, 0.05) is 0 Å². The summed E-state index contributed by atoms with van der Waals surface area (Å²) in [6.45, 7) is 4.83. The first-order valence-corrected chi connectivity index (χ1v) is 14.1. The Balaban J connectivity index is 1.20. The van der Waals surface area contributed by atoms with Crippen molar-refractivity contribution in [2.24, 2.45) is 0 Å². The minimum absolute atomic E-state index is 0.257. The molecule has 0 aliphatic rings. The highest BCUT2D eigenvalue weighted by Crippen LogP contribution is 2.31. The van der Waals surface area contributed by atoms with E-state index in [9.17, 15) is 4.57 Å². The van der Waals surface area contributed by atoms with Crippen LogP contribution in [0.15, 0.2) is 109 Å². The molecular weight excluding hydrogens is 495 g/mol. The molecule has 0 saturated heterocycles. The van der Waals surface area contributed by atoms with E-state index in [1.54, 1.807) is 0 Å². The Labute approximate surface area is 226 Å². The minimum Gasteiger partial charge on any atom is -0.489 e. The van der Waals surface area contributed by atoms with Crippen molar-refractivity contribution < 1.29 is 23.1 Å². The maximum absolute atomic E-state index is 12.6. The molecule has 0 fully saturated rings. The first-order valence-electron chi connectivity index (χ1n) is 12.9. The van der Waals surface area contributed by atoms with Gasteiger partial charge in [-0.25, -0.2) is 0 Å². The van der Waals surface area contributed by atoms with Gasteiger partial charge in [-0.2, -0.15) is 0 Å². The van der Waals surface area contributed by atoms with Gasteiger partial charge in [0.25, 0.3) is 0 Å². The molecule has 0 spiro atoms. The molecule has 4 rings (SSSR count). The molecule has 5 nitrogen and oxygen atoms in total. The molecule has 0 saturated carbocycles. The average molecular weight is 531 g/mol. The van der Waals surface area contributed by atoms with E-state index in [-0.39, 0.29) is 12.2 Å². The first-order chi connectivity index (χ1) is 18.5. The molecule has 0 bridgehead atoms. The molecule has 4 aromatic rings. The topological polar surface area (TPSA) is 54.0 Å². The fourth-order valence-corrected chi connectivity index (χ4v) is 4.99. The summed E-state index contributed by atoms with van der Waals surface area (Å²) in [5, 5.41) is 0. The molecule has 0 N–H and O–H groups in total. The van der Waals surface area contributed by atoms with Crippen molar-refractivity contribution in [3.05, 3.63) is 131 Å². The molecule has 0 amide bonds. The van der Waals surface area contributed by atoms with Crippen molar-refractivity contribution in [3.63, 3.8) is 0 Å². The zero-order valence-corrected chi connectivity index (χ0v) is 22.9. The van der Waals surface area contributed by atoms with Gasteiger partial charge in [-0.1, -0.05) is 84.9 Å². The van der Waals surface area contributed by atoms with Crippen molar-refractivity contribution in [3.8, 4) is 11.5 Å². The lowest BCUT2D eigenvalue weighted by Crippen LogP contribution is -2.12. The van der Waals surface area contributed by atoms with E-state index in [4.69, 9.17) is 18.5 Å². The van der Waals surface area contributed by atoms with E-state index in [1.807, 2.05) is 123 Å². The lowest BCUT2D eigenvalue weighted by Gasteiger charge is -2.17. The van der Waals surface area contributed by atoms with Crippen LogP contribution in [0, 0.1) is 0 Å². The number of hydrogen-bond acceptors (Lipinski definition) is 5. The maximum Gasteiger partial charge on any atom is 0.319 e. The van der Waals surface area contributed by atoms with Crippen molar-refractivity contribution in [1.82, 2.24) is 0 Å². The lowest BCUT2D eigenvalue weighted by molar-refractivity contribution is 0.145. The summed E-state index contributed by atoms with van der Waals surface area (Å²) in [5.74, 6) is 1.59. The lowest BCUT2D eigenvalue weighted by atomic mass is 10.1. The SMILES string of the molecule is CC(Cc1cccc(OCc2ccccc2)c1)O[PH](=O)OC(C)Cc1cccc(OCc2ccccc2)c1. The Morgan fingerprint density at radius 2 is 0.947 bits per heavy atom. The molecule has 6 heteroatoms. The smallest absolute Gasteiger partial charge is 0.319 e. The Hall–Kier alpha value is -3.37. The largest absolute Gasteiger partial charge is 0.489 e. The summed E-state index contributed by atoms with van der Waals surface area (Å²) in [6.07, 6.45) is 0.704. The second kappa shape index (κ2) is 14.5. The highest BCUT2D eigenvalue weighted by molar-refractivity contribution is 7.33. The van der Waals surface area contributed by atoms with Gasteiger partial charge in [0.2, 0.25) is 0 Å². The first kappa shape index (κ1) is 27.7. The fourth-order valence-electron chi connectivity index (χ4n) is 4.11. The fraction of sp³-hybridized carbons (Fsp3) is 0.250. The van der Waals surface area contributed by atoms with Crippen LogP contribution >= 0.6 is 8.25 Å². The Kier molecular flexibility index (Phi) is 10.6. The Morgan fingerprint density at radius 3 is 1.37 bits per heavy atom. The number of benzene rings is 4. The molecule has 0 aromatic heterocycles. The molecule has 198 valence electrons. The second-order valence-corrected chi connectivity index (χ2v) is 10.3. The highest BCUT2D eigenvalue weighted by Gasteiger charge is 2.14. The van der Waals surface area contributed by atoms with E-state index in [0.717, 1.165) is 33.8 Å². The molecule has 0 aliphatic heterocycles. The molecule has 2 atom stereocenters. The minimum atomic E-state index is -2.65. The van der Waals surface area contributed by atoms with Gasteiger partial charge < -0.3 is 18.5 Å². The summed E-state index contributed by atoms with van der Waals surface area (Å²) >= 11 is 0. The molecule has 2 unspecified atom stereocenters. The third kappa shape index (κ3) is 9.50. The van der Waals surface area contributed by atoms with Crippen LogP contribution in [0.1, 0.15) is 36.1 Å². The number of ether oxygens (including phenoxy) is 2. The summed E-state index contributed by atoms with van der Waals surface area (Å²) < 4.78 is 35.8. The molecule has 4 aromatic carbocycles. The molecule has 38 heavy (non-hydrogen) atoms. The van der Waals surface area contributed by atoms with E-state index in [2.05, 4.69) is 0 Å². The molecule has 0 heterocycles. The third-order valence-corrected chi connectivity index (χ3v) is 7.12. The number of hydrogen-bond donors (Lipinski definition) is 0. The van der Waals surface area contributed by atoms with Crippen LogP contribution < -0.4 is 9.47 Å². The van der Waals surface area contributed by atoms with Crippen LogP contribution in [-0.2, 0) is 39.7 Å². The second-order valence-electron chi connectivity index (χ2n) is 9.36. The Bertz CT molecular complexity index is 1180. The van der Waals surface area contributed by atoms with Gasteiger partial charge in [0.15, 0.2) is 0 Å². The average Bonchev–Trinajstić information content (AvgIpc) is 2.92. The predicted molar refractivity (Wildman–Crippen MR) is 152 cm³/mol. The van der Waals surface area contributed by atoms with Crippen LogP contribution in [-0.4, -0.2) is 12.2 Å². The summed E-state index contributed by atoms with van der Waals surface area (Å²) in [5.41, 5.74) is 4.34. The van der Waals surface area contributed by atoms with Crippen LogP contribution in [0.5, 0.6) is 11.5 Å². The number of rotatable bonds is 14. The van der Waals surface area contributed by atoms with Crippen LogP contribution in [0.3, 0.4) is 0 Å². The van der Waals surface area contributed by atoms with Crippen LogP contribution in [0.25, 0.3) is 0 Å². The third-order valence-electron chi connectivity index (χ3n) is 5.93. The summed E-state index contributed by atoms with van der Waals surface area (Å²) in [6, 6.07) is 35.9. The normalized spacial score (nSPS) is 13.4. The highest BCUT2D eigenvalue weighted by atomic mass is 31.1. The van der Waals surface area contributed by atoms with E-state index < -0.39 is 8.25 Å². The summed E-state index contributed by atoms with van der Waals surface area (Å²) in [7, 11) is -2.65. The van der Waals surface area contributed by atoms with Crippen LogP contribution in [0.4, 0.5) is 0 Å². The van der Waals surface area contributed by atoms with Gasteiger partial charge in [-0.3, -0.25) is 4.57 Å². The molecular formula is C32H35O5P. The predicted octanol–water partition coefficient (Wildman–Crippen LogP) is 7.83. The van der Waals surface area contributed by atoms with Gasteiger partial charge in [0.1, 0.15) is 24.7 Å². The standard InChI is InChI=1S/C32H35O5P/c1-25(19-29-15-9-17-31(21-29)34-23-27-11-5-3-6-12-27)36-38(33)37-26(2)20-30-16-10-18-32(22-30)35-24-28-13-7-4-8-14-28/h3-18,21-22,25-26,38H,19-20,23-24H2,1-2H3. The van der Waals surface area contributed by atoms with Crippen molar-refractivity contribution in [2.75, 3.05) is 0 Å². The summed E-state index contributed by atoms with van der Waals surface area (Å²) in [4.78, 5) is 0. The van der Waals surface area contributed by atoms with E-state index in [1.165, 1.54) is 0 Å². The van der Waals surface area contributed by atoms with Crippen LogP contribution in [0.2, 0.25) is 0 Å². The van der Waals surface area contributed by atoms with Gasteiger partial charge in [-0.15, -0.1) is 0 Å². The molecule has 0 aliphatic carbocycles. The van der Waals surface area contributed by atoms with Gasteiger partial charge >= 0.3 is 8.25 Å². The van der Waals surface area contributed by atoms with Gasteiger partial charge in [0.05, 0.1) is 12.2 Å². The van der Waals surface area contributed by atoms with Crippen molar-refractivity contribution >= 4 is 8.25 Å². The monoisotopic (exact) mass is 530 g/mol. The molecule has 0 radical (unpaired) electrons.